The number of allylic oxidation sites excluding steroid dienone is 1. The van der Waals surface area contributed by atoms with E-state index in [9.17, 15) is 9.59 Å². The van der Waals surface area contributed by atoms with Crippen LogP contribution < -0.4 is 5.32 Å². The molecular formula is C20H18N4O3S. The molecule has 0 aliphatic carbocycles. The van der Waals surface area contributed by atoms with Crippen LogP contribution in [0.2, 0.25) is 0 Å². The van der Waals surface area contributed by atoms with E-state index in [4.69, 9.17) is 5.11 Å². The molecule has 0 fully saturated rings. The number of amides is 1. The van der Waals surface area contributed by atoms with Crippen molar-refractivity contribution < 1.29 is 14.7 Å². The molecule has 0 atom stereocenters. The van der Waals surface area contributed by atoms with Crippen LogP contribution in [0.4, 0.5) is 5.69 Å². The molecule has 2 N–H and O–H groups in total. The molecule has 0 aliphatic heterocycles. The molecule has 1 aromatic heterocycles. The van der Waals surface area contributed by atoms with E-state index in [0.29, 0.717) is 23.2 Å². The Morgan fingerprint density at radius 3 is 2.64 bits per heavy atom. The van der Waals surface area contributed by atoms with Gasteiger partial charge < -0.3 is 10.4 Å². The largest absolute Gasteiger partial charge is 0.478 e. The van der Waals surface area contributed by atoms with E-state index in [1.165, 1.54) is 23.9 Å². The van der Waals surface area contributed by atoms with Crippen molar-refractivity contribution in [1.29, 1.82) is 0 Å². The molecule has 1 heterocycles. The summed E-state index contributed by atoms with van der Waals surface area (Å²) in [5, 5.41) is 20.8. The van der Waals surface area contributed by atoms with Gasteiger partial charge in [0, 0.05) is 17.8 Å². The lowest BCUT2D eigenvalue weighted by Gasteiger charge is -2.08. The number of anilines is 1. The Bertz CT molecular complexity index is 1000. The lowest BCUT2D eigenvalue weighted by atomic mass is 10.2. The predicted octanol–water partition coefficient (Wildman–Crippen LogP) is 3.56. The number of nitrogens with zero attached hydrogens (tertiary/aromatic N) is 3. The summed E-state index contributed by atoms with van der Waals surface area (Å²) >= 11 is 1.25. The number of nitrogens with one attached hydrogen (secondary N) is 1. The van der Waals surface area contributed by atoms with Crippen LogP contribution >= 0.6 is 11.8 Å². The Labute approximate surface area is 166 Å². The van der Waals surface area contributed by atoms with Gasteiger partial charge in [0.1, 0.15) is 0 Å². The van der Waals surface area contributed by atoms with Crippen LogP contribution in [0.1, 0.15) is 10.4 Å². The van der Waals surface area contributed by atoms with Gasteiger partial charge in [-0.25, -0.2) is 4.79 Å². The molecule has 2 aromatic carbocycles. The highest BCUT2D eigenvalue weighted by Crippen LogP contribution is 2.24. The minimum Gasteiger partial charge on any atom is -0.478 e. The van der Waals surface area contributed by atoms with E-state index in [2.05, 4.69) is 22.1 Å². The number of carboxylic acids is 1. The number of carbonyl (C=O) groups is 2. The molecule has 1 amide bonds. The van der Waals surface area contributed by atoms with E-state index < -0.39 is 5.97 Å². The number of carbonyl (C=O) groups excluding carboxylic acids is 1. The minimum atomic E-state index is -1.04. The Morgan fingerprint density at radius 1 is 1.14 bits per heavy atom. The second-order valence-electron chi connectivity index (χ2n) is 5.79. The second kappa shape index (κ2) is 9.01. The molecule has 0 spiro atoms. The molecule has 0 saturated heterocycles. The highest BCUT2D eigenvalue weighted by molar-refractivity contribution is 7.99. The summed E-state index contributed by atoms with van der Waals surface area (Å²) in [6.45, 7) is 4.29. The van der Waals surface area contributed by atoms with Crippen LogP contribution in [0, 0.1) is 0 Å². The number of hydrogen-bond donors (Lipinski definition) is 2. The van der Waals surface area contributed by atoms with Gasteiger partial charge >= 0.3 is 5.97 Å². The van der Waals surface area contributed by atoms with Crippen LogP contribution in [0.25, 0.3) is 11.4 Å². The number of rotatable bonds is 8. The first-order valence-electron chi connectivity index (χ1n) is 8.44. The molecule has 3 aromatic rings. The molecule has 28 heavy (non-hydrogen) atoms. The fraction of sp³-hybridized carbons (Fsp3) is 0.100. The van der Waals surface area contributed by atoms with Gasteiger partial charge in [-0.3, -0.25) is 9.36 Å². The number of benzene rings is 2. The predicted molar refractivity (Wildman–Crippen MR) is 108 cm³/mol. The zero-order chi connectivity index (χ0) is 19.9. The van der Waals surface area contributed by atoms with Crippen molar-refractivity contribution in [2.24, 2.45) is 0 Å². The van der Waals surface area contributed by atoms with E-state index in [-0.39, 0.29) is 17.2 Å². The summed E-state index contributed by atoms with van der Waals surface area (Å²) < 4.78 is 1.89. The maximum absolute atomic E-state index is 12.3. The van der Waals surface area contributed by atoms with Crippen LogP contribution in [0.5, 0.6) is 0 Å². The standard InChI is InChI=1S/C20H18N4O3S/c1-2-11-24-18(14-7-4-3-5-8-14)22-23-20(24)28-13-17(25)21-16-10-6-9-15(12-16)19(26)27/h2-10,12H,1,11,13H2,(H,21,25)(H,26,27). The third-order valence-corrected chi connectivity index (χ3v) is 4.75. The minimum absolute atomic E-state index is 0.112. The van der Waals surface area contributed by atoms with Crippen LogP contribution in [0.15, 0.2) is 72.4 Å². The zero-order valence-corrected chi connectivity index (χ0v) is 15.7. The van der Waals surface area contributed by atoms with E-state index in [1.807, 2.05) is 34.9 Å². The summed E-state index contributed by atoms with van der Waals surface area (Å²) in [6.07, 6.45) is 1.75. The van der Waals surface area contributed by atoms with Crippen molar-refractivity contribution in [2.45, 2.75) is 11.7 Å². The summed E-state index contributed by atoms with van der Waals surface area (Å²) in [7, 11) is 0. The van der Waals surface area contributed by atoms with Crippen LogP contribution in [-0.2, 0) is 11.3 Å². The fourth-order valence-electron chi connectivity index (χ4n) is 2.55. The van der Waals surface area contributed by atoms with Gasteiger partial charge in [0.2, 0.25) is 5.91 Å². The van der Waals surface area contributed by atoms with Gasteiger partial charge in [0.25, 0.3) is 0 Å². The average molecular weight is 394 g/mol. The molecule has 142 valence electrons. The molecule has 0 saturated carbocycles. The lowest BCUT2D eigenvalue weighted by molar-refractivity contribution is -0.113. The average Bonchev–Trinajstić information content (AvgIpc) is 3.10. The van der Waals surface area contributed by atoms with Gasteiger partial charge in [-0.2, -0.15) is 0 Å². The second-order valence-corrected chi connectivity index (χ2v) is 6.74. The van der Waals surface area contributed by atoms with Crippen molar-refractivity contribution >= 4 is 29.3 Å². The SMILES string of the molecule is C=CCn1c(SCC(=O)Nc2cccc(C(=O)O)c2)nnc1-c1ccccc1. The molecular weight excluding hydrogens is 376 g/mol. The Kier molecular flexibility index (Phi) is 6.23. The lowest BCUT2D eigenvalue weighted by Crippen LogP contribution is -2.15. The molecule has 3 rings (SSSR count). The van der Waals surface area contributed by atoms with Gasteiger partial charge in [-0.15, -0.1) is 16.8 Å². The first kappa shape index (κ1) is 19.4. The van der Waals surface area contributed by atoms with Gasteiger partial charge in [-0.1, -0.05) is 54.2 Å². The van der Waals surface area contributed by atoms with Crippen LogP contribution in [0.3, 0.4) is 0 Å². The quantitative estimate of drug-likeness (QED) is 0.448. The molecule has 0 unspecified atom stereocenters. The Morgan fingerprint density at radius 2 is 1.93 bits per heavy atom. The third kappa shape index (κ3) is 4.66. The number of carboxylic acid groups (broad SMARTS) is 1. The summed E-state index contributed by atoms with van der Waals surface area (Å²) in [5.41, 5.74) is 1.48. The van der Waals surface area contributed by atoms with Gasteiger partial charge in [0.15, 0.2) is 11.0 Å². The van der Waals surface area contributed by atoms with Crippen molar-refractivity contribution in [3.63, 3.8) is 0 Å². The molecule has 0 radical (unpaired) electrons. The molecule has 7 nitrogen and oxygen atoms in total. The molecule has 8 heteroatoms. The fourth-order valence-corrected chi connectivity index (χ4v) is 3.29. The molecule has 0 bridgehead atoms. The van der Waals surface area contributed by atoms with Crippen molar-refractivity contribution in [3.8, 4) is 11.4 Å². The smallest absolute Gasteiger partial charge is 0.335 e. The number of thioether (sulfide) groups is 1. The summed E-state index contributed by atoms with van der Waals surface area (Å²) in [4.78, 5) is 23.3. The van der Waals surface area contributed by atoms with Crippen molar-refractivity contribution in [3.05, 3.63) is 72.8 Å². The van der Waals surface area contributed by atoms with Crippen molar-refractivity contribution in [1.82, 2.24) is 14.8 Å². The summed E-state index contributed by atoms with van der Waals surface area (Å²) in [5.74, 6) is -0.488. The zero-order valence-electron chi connectivity index (χ0n) is 14.9. The first-order valence-corrected chi connectivity index (χ1v) is 9.42. The number of aromatic carboxylic acids is 1. The normalized spacial score (nSPS) is 10.4. The number of hydrogen-bond acceptors (Lipinski definition) is 5. The number of aromatic nitrogens is 3. The third-order valence-electron chi connectivity index (χ3n) is 3.79. The Balaban J connectivity index is 1.69. The van der Waals surface area contributed by atoms with E-state index in [0.717, 1.165) is 5.56 Å². The van der Waals surface area contributed by atoms with E-state index >= 15 is 0 Å². The van der Waals surface area contributed by atoms with Gasteiger partial charge in [-0.05, 0) is 18.2 Å². The highest BCUT2D eigenvalue weighted by Gasteiger charge is 2.15. The first-order chi connectivity index (χ1) is 13.6. The Hall–Kier alpha value is -3.39. The topological polar surface area (TPSA) is 97.1 Å². The maximum atomic E-state index is 12.3. The van der Waals surface area contributed by atoms with E-state index in [1.54, 1.807) is 18.2 Å². The van der Waals surface area contributed by atoms with Gasteiger partial charge in [0.05, 0.1) is 11.3 Å². The highest BCUT2D eigenvalue weighted by atomic mass is 32.2. The summed E-state index contributed by atoms with van der Waals surface area (Å²) in [6, 6.07) is 15.8. The maximum Gasteiger partial charge on any atom is 0.335 e. The molecule has 0 aliphatic rings. The van der Waals surface area contributed by atoms with Crippen LogP contribution in [-0.4, -0.2) is 37.5 Å². The monoisotopic (exact) mass is 394 g/mol. The van der Waals surface area contributed by atoms with Crippen molar-refractivity contribution in [2.75, 3.05) is 11.1 Å².